The lowest BCUT2D eigenvalue weighted by molar-refractivity contribution is 0.248. The van der Waals surface area contributed by atoms with E-state index in [0.717, 1.165) is 61.1 Å². The van der Waals surface area contributed by atoms with Gasteiger partial charge < -0.3 is 4.90 Å². The van der Waals surface area contributed by atoms with Gasteiger partial charge in [-0.15, -0.1) is 0 Å². The van der Waals surface area contributed by atoms with Crippen molar-refractivity contribution in [3.05, 3.63) is 82.7 Å². The first kappa shape index (κ1) is 20.7. The zero-order valence-corrected chi connectivity index (χ0v) is 19.5. The first-order valence-electron chi connectivity index (χ1n) is 11.5. The van der Waals surface area contributed by atoms with E-state index in [4.69, 9.17) is 10.1 Å². The van der Waals surface area contributed by atoms with E-state index >= 15 is 0 Å². The Labute approximate surface area is 190 Å². The van der Waals surface area contributed by atoms with Crippen LogP contribution in [0.3, 0.4) is 0 Å². The Morgan fingerprint density at radius 2 is 1.59 bits per heavy atom. The summed E-state index contributed by atoms with van der Waals surface area (Å²) in [6, 6.07) is 19.4. The highest BCUT2D eigenvalue weighted by molar-refractivity contribution is 5.81. The van der Waals surface area contributed by atoms with Crippen molar-refractivity contribution in [2.45, 2.75) is 34.2 Å². The molecule has 0 unspecified atom stereocenters. The molecule has 0 saturated carbocycles. The Hall–Kier alpha value is -3.18. The fourth-order valence-electron chi connectivity index (χ4n) is 4.79. The van der Waals surface area contributed by atoms with Crippen LogP contribution in [-0.4, -0.2) is 45.7 Å². The second-order valence-electron chi connectivity index (χ2n) is 9.01. The summed E-state index contributed by atoms with van der Waals surface area (Å²) in [5.41, 5.74) is 9.44. The van der Waals surface area contributed by atoms with Crippen molar-refractivity contribution in [2.24, 2.45) is 0 Å². The lowest BCUT2D eigenvalue weighted by Gasteiger charge is -2.36. The topological polar surface area (TPSA) is 36.7 Å². The molecule has 5 heteroatoms. The maximum absolute atomic E-state index is 4.91. The molecule has 0 spiro atoms. The molecule has 5 nitrogen and oxygen atoms in total. The number of fused-ring (bicyclic) bond motifs is 1. The second-order valence-corrected chi connectivity index (χ2v) is 9.01. The molecule has 0 N–H and O–H groups in total. The number of nitrogens with zero attached hydrogens (tertiary/aromatic N) is 5. The molecular formula is C27H31N5. The molecule has 3 heterocycles. The molecule has 0 amide bonds. The van der Waals surface area contributed by atoms with E-state index in [2.05, 4.69) is 86.0 Å². The van der Waals surface area contributed by atoms with Crippen molar-refractivity contribution in [2.75, 3.05) is 31.1 Å². The van der Waals surface area contributed by atoms with Crippen molar-refractivity contribution in [1.29, 1.82) is 0 Å². The quantitative estimate of drug-likeness (QED) is 0.463. The minimum absolute atomic E-state index is 0.946. The molecule has 1 fully saturated rings. The van der Waals surface area contributed by atoms with Crippen LogP contribution < -0.4 is 4.90 Å². The summed E-state index contributed by atoms with van der Waals surface area (Å²) >= 11 is 0. The monoisotopic (exact) mass is 425 g/mol. The smallest absolute Gasteiger partial charge is 0.165 e. The first-order valence-corrected chi connectivity index (χ1v) is 11.5. The van der Waals surface area contributed by atoms with Crippen molar-refractivity contribution < 1.29 is 0 Å². The van der Waals surface area contributed by atoms with Gasteiger partial charge in [0.25, 0.3) is 0 Å². The Bertz CT molecular complexity index is 1250. The molecule has 2 aromatic heterocycles. The van der Waals surface area contributed by atoms with Gasteiger partial charge in [-0.1, -0.05) is 54.1 Å². The molecule has 0 radical (unpaired) electrons. The summed E-state index contributed by atoms with van der Waals surface area (Å²) in [6.45, 7) is 13.6. The third kappa shape index (κ3) is 3.89. The number of aromatic nitrogens is 3. The fourth-order valence-corrected chi connectivity index (χ4v) is 4.79. The van der Waals surface area contributed by atoms with E-state index in [1.54, 1.807) is 0 Å². The highest BCUT2D eigenvalue weighted by Crippen LogP contribution is 2.30. The van der Waals surface area contributed by atoms with Gasteiger partial charge in [0, 0.05) is 50.0 Å². The Balaban J connectivity index is 1.40. The molecule has 1 saturated heterocycles. The number of hydrogen-bond acceptors (Lipinski definition) is 4. The van der Waals surface area contributed by atoms with Gasteiger partial charge in [0.05, 0.1) is 5.69 Å². The zero-order chi connectivity index (χ0) is 22.2. The summed E-state index contributed by atoms with van der Waals surface area (Å²) in [4.78, 5) is 9.90. The number of benzene rings is 2. The lowest BCUT2D eigenvalue weighted by atomic mass is 10.1. The highest BCUT2D eigenvalue weighted by Gasteiger charge is 2.23. The van der Waals surface area contributed by atoms with E-state index in [0.29, 0.717) is 0 Å². The van der Waals surface area contributed by atoms with Crippen molar-refractivity contribution in [3.63, 3.8) is 0 Å². The molecule has 164 valence electrons. The number of rotatable bonds is 4. The van der Waals surface area contributed by atoms with E-state index in [1.165, 1.54) is 22.3 Å². The van der Waals surface area contributed by atoms with Gasteiger partial charge in [-0.25, -0.2) is 4.98 Å². The average molecular weight is 426 g/mol. The SMILES string of the molecule is Cc1ccc(CN2CCN(c3cc(C)nc4c(-c5ccccc5)c(C)nn34)CC2)c(C)c1. The van der Waals surface area contributed by atoms with Gasteiger partial charge in [0.2, 0.25) is 0 Å². The number of anilines is 1. The molecule has 0 bridgehead atoms. The molecule has 0 atom stereocenters. The van der Waals surface area contributed by atoms with Gasteiger partial charge >= 0.3 is 0 Å². The van der Waals surface area contributed by atoms with Crippen LogP contribution in [0, 0.1) is 27.7 Å². The van der Waals surface area contributed by atoms with Crippen LogP contribution in [0.4, 0.5) is 5.82 Å². The Morgan fingerprint density at radius 3 is 2.31 bits per heavy atom. The largest absolute Gasteiger partial charge is 0.354 e. The van der Waals surface area contributed by atoms with Crippen LogP contribution in [0.25, 0.3) is 16.8 Å². The predicted molar refractivity (Wildman–Crippen MR) is 131 cm³/mol. The van der Waals surface area contributed by atoms with E-state index in [9.17, 15) is 0 Å². The number of piperazine rings is 1. The lowest BCUT2D eigenvalue weighted by Crippen LogP contribution is -2.46. The first-order chi connectivity index (χ1) is 15.5. The zero-order valence-electron chi connectivity index (χ0n) is 19.5. The van der Waals surface area contributed by atoms with Crippen molar-refractivity contribution >= 4 is 11.5 Å². The van der Waals surface area contributed by atoms with Crippen molar-refractivity contribution in [3.8, 4) is 11.1 Å². The van der Waals surface area contributed by atoms with E-state index < -0.39 is 0 Å². The van der Waals surface area contributed by atoms with Gasteiger partial charge in [0.1, 0.15) is 5.82 Å². The third-order valence-corrected chi connectivity index (χ3v) is 6.52. The van der Waals surface area contributed by atoms with Crippen LogP contribution in [0.1, 0.15) is 28.1 Å². The summed E-state index contributed by atoms with van der Waals surface area (Å²) in [5.74, 6) is 1.14. The summed E-state index contributed by atoms with van der Waals surface area (Å²) in [7, 11) is 0. The van der Waals surface area contributed by atoms with Gasteiger partial charge in [0.15, 0.2) is 5.65 Å². The molecule has 4 aromatic rings. The molecule has 1 aliphatic heterocycles. The Kier molecular flexibility index (Phi) is 5.43. The van der Waals surface area contributed by atoms with Gasteiger partial charge in [-0.3, -0.25) is 4.90 Å². The summed E-state index contributed by atoms with van der Waals surface area (Å²) in [6.07, 6.45) is 0. The maximum atomic E-state index is 4.91. The molecule has 0 aliphatic carbocycles. The average Bonchev–Trinajstić information content (AvgIpc) is 3.12. The van der Waals surface area contributed by atoms with Crippen LogP contribution in [0.5, 0.6) is 0 Å². The summed E-state index contributed by atoms with van der Waals surface area (Å²) < 4.78 is 2.05. The van der Waals surface area contributed by atoms with Crippen LogP contribution in [-0.2, 0) is 6.54 Å². The molecule has 2 aromatic carbocycles. The second kappa shape index (κ2) is 8.40. The van der Waals surface area contributed by atoms with Crippen LogP contribution in [0.15, 0.2) is 54.6 Å². The number of hydrogen-bond donors (Lipinski definition) is 0. The fraction of sp³-hybridized carbons (Fsp3) is 0.333. The Morgan fingerprint density at radius 1 is 0.844 bits per heavy atom. The molecular weight excluding hydrogens is 394 g/mol. The normalized spacial score (nSPS) is 14.9. The maximum Gasteiger partial charge on any atom is 0.165 e. The van der Waals surface area contributed by atoms with Crippen LogP contribution in [0.2, 0.25) is 0 Å². The van der Waals surface area contributed by atoms with Gasteiger partial charge in [-0.2, -0.15) is 9.61 Å². The van der Waals surface area contributed by atoms with Crippen LogP contribution >= 0.6 is 0 Å². The standard InChI is InChI=1S/C27H31N5/c1-19-10-11-24(20(2)16-19)18-30-12-14-31(15-13-30)25-17-21(3)28-27-26(22(4)29-32(25)27)23-8-6-5-7-9-23/h5-11,16-17H,12-15,18H2,1-4H3. The highest BCUT2D eigenvalue weighted by atomic mass is 15.4. The third-order valence-electron chi connectivity index (χ3n) is 6.52. The molecule has 32 heavy (non-hydrogen) atoms. The number of aryl methyl sites for hydroxylation is 4. The minimum atomic E-state index is 0.946. The van der Waals surface area contributed by atoms with Crippen molar-refractivity contribution in [1.82, 2.24) is 19.5 Å². The molecule has 1 aliphatic rings. The molecule has 5 rings (SSSR count). The predicted octanol–water partition coefficient (Wildman–Crippen LogP) is 4.95. The van der Waals surface area contributed by atoms with E-state index in [-0.39, 0.29) is 0 Å². The summed E-state index contributed by atoms with van der Waals surface area (Å²) in [5, 5.41) is 4.91. The van der Waals surface area contributed by atoms with Gasteiger partial charge in [-0.05, 0) is 44.4 Å². The van der Waals surface area contributed by atoms with E-state index in [1.807, 2.05) is 10.6 Å². The minimum Gasteiger partial charge on any atom is -0.354 e.